The van der Waals surface area contributed by atoms with Crippen molar-refractivity contribution < 1.29 is 0 Å². The normalized spacial score (nSPS) is 15.3. The lowest BCUT2D eigenvalue weighted by atomic mass is 9.64. The van der Waals surface area contributed by atoms with Crippen LogP contribution in [-0.2, 0) is 5.41 Å². The molecule has 0 N–H and O–H groups in total. The summed E-state index contributed by atoms with van der Waals surface area (Å²) in [6.07, 6.45) is 0. The number of para-hydroxylation sites is 2. The fourth-order valence-electron chi connectivity index (χ4n) is 10.6. The van der Waals surface area contributed by atoms with Crippen molar-refractivity contribution in [1.29, 1.82) is 0 Å². The van der Waals surface area contributed by atoms with Crippen LogP contribution in [0.2, 0.25) is 0 Å². The summed E-state index contributed by atoms with van der Waals surface area (Å²) >= 11 is 0. The molecule has 8 aromatic carbocycles. The summed E-state index contributed by atoms with van der Waals surface area (Å²) in [6.45, 7) is 0. The first-order valence-electron chi connectivity index (χ1n) is 18.0. The Labute approximate surface area is 298 Å². The van der Waals surface area contributed by atoms with Crippen LogP contribution in [0.25, 0.3) is 33.4 Å². The van der Waals surface area contributed by atoms with E-state index in [0.717, 1.165) is 0 Å². The molecule has 3 aliphatic heterocycles. The summed E-state index contributed by atoms with van der Waals surface area (Å²) in [6, 6.07) is 71.4. The quantitative estimate of drug-likeness (QED) is 0.159. The Hall–Kier alpha value is -6.22. The highest BCUT2D eigenvalue weighted by Crippen LogP contribution is 2.63. The summed E-state index contributed by atoms with van der Waals surface area (Å²) < 4.78 is 0. The van der Waals surface area contributed by atoms with Gasteiger partial charge >= 0.3 is 0 Å². The maximum absolute atomic E-state index is 2.59. The van der Waals surface area contributed by atoms with Gasteiger partial charge in [0.1, 0.15) is 0 Å². The molecule has 1 aliphatic carbocycles. The molecule has 0 saturated carbocycles. The summed E-state index contributed by atoms with van der Waals surface area (Å²) in [7, 11) is -2.58. The standard InChI is InChI=1S/C49H31NSi/c1-6-21-37-32(16-1)33-17-2-7-22-38(33)49(37)39-23-8-10-25-41(39)50(42-26-11-9-24-40(42)49)43-27-15-31-47-48(43)36-20-5-14-30-46(36)51(47)44-28-12-3-18-34(44)35-19-4-13-29-45(35)51/h1-31H. The highest BCUT2D eigenvalue weighted by Gasteiger charge is 2.56. The van der Waals surface area contributed by atoms with E-state index < -0.39 is 13.5 Å². The van der Waals surface area contributed by atoms with E-state index in [1.54, 1.807) is 0 Å². The Morgan fingerprint density at radius 2 is 0.667 bits per heavy atom. The molecule has 236 valence electrons. The molecule has 51 heavy (non-hydrogen) atoms. The van der Waals surface area contributed by atoms with Crippen molar-refractivity contribution in [2.45, 2.75) is 5.41 Å². The van der Waals surface area contributed by atoms with Gasteiger partial charge in [-0.3, -0.25) is 0 Å². The minimum absolute atomic E-state index is 0.425. The maximum Gasteiger partial charge on any atom is 0.182 e. The van der Waals surface area contributed by atoms with E-state index >= 15 is 0 Å². The molecular weight excluding hydrogens is 631 g/mol. The molecule has 0 saturated heterocycles. The molecule has 0 atom stereocenters. The van der Waals surface area contributed by atoms with Crippen LogP contribution in [0.4, 0.5) is 17.1 Å². The third-order valence-corrected chi connectivity index (χ3v) is 17.2. The van der Waals surface area contributed by atoms with Gasteiger partial charge in [-0.2, -0.15) is 0 Å². The van der Waals surface area contributed by atoms with Crippen LogP contribution in [0, 0.1) is 0 Å². The molecule has 2 heteroatoms. The summed E-state index contributed by atoms with van der Waals surface area (Å²) in [5.74, 6) is 0. The van der Waals surface area contributed by atoms with Crippen molar-refractivity contribution in [2.24, 2.45) is 0 Å². The highest BCUT2D eigenvalue weighted by molar-refractivity contribution is 7.24. The van der Waals surface area contributed by atoms with Gasteiger partial charge in [0.25, 0.3) is 0 Å². The minimum atomic E-state index is -2.58. The summed E-state index contributed by atoms with van der Waals surface area (Å²) in [5, 5.41) is 6.00. The van der Waals surface area contributed by atoms with E-state index in [9.17, 15) is 0 Å². The van der Waals surface area contributed by atoms with Gasteiger partial charge in [-0.1, -0.05) is 170 Å². The summed E-state index contributed by atoms with van der Waals surface area (Å²) in [5.41, 5.74) is 16.9. The van der Waals surface area contributed by atoms with Crippen molar-refractivity contribution in [3.05, 3.63) is 210 Å². The molecule has 0 unspecified atom stereocenters. The first kappa shape index (κ1) is 27.6. The van der Waals surface area contributed by atoms with Gasteiger partial charge in [0.15, 0.2) is 8.07 Å². The third-order valence-electron chi connectivity index (χ3n) is 12.3. The van der Waals surface area contributed by atoms with E-state index in [2.05, 4.69) is 193 Å². The number of hydrogen-bond donors (Lipinski definition) is 0. The van der Waals surface area contributed by atoms with Gasteiger partial charge in [-0.15, -0.1) is 0 Å². The predicted molar refractivity (Wildman–Crippen MR) is 214 cm³/mol. The molecule has 8 aromatic rings. The maximum atomic E-state index is 2.59. The molecule has 2 spiro atoms. The Morgan fingerprint density at radius 3 is 1.22 bits per heavy atom. The summed E-state index contributed by atoms with van der Waals surface area (Å²) in [4.78, 5) is 2.59. The molecule has 0 amide bonds. The van der Waals surface area contributed by atoms with E-state index in [-0.39, 0.29) is 0 Å². The third kappa shape index (κ3) is 3.11. The average molecular weight is 662 g/mol. The number of anilines is 3. The first-order chi connectivity index (χ1) is 25.3. The van der Waals surface area contributed by atoms with Gasteiger partial charge in [0.05, 0.1) is 22.5 Å². The van der Waals surface area contributed by atoms with Crippen LogP contribution in [0.5, 0.6) is 0 Å². The molecule has 4 aliphatic rings. The first-order valence-corrected chi connectivity index (χ1v) is 20.0. The van der Waals surface area contributed by atoms with E-state index in [1.807, 2.05) is 0 Å². The van der Waals surface area contributed by atoms with Crippen LogP contribution >= 0.6 is 0 Å². The smallest absolute Gasteiger partial charge is 0.182 e. The van der Waals surface area contributed by atoms with Crippen molar-refractivity contribution in [3.63, 3.8) is 0 Å². The van der Waals surface area contributed by atoms with Gasteiger partial charge in [0.2, 0.25) is 0 Å². The fraction of sp³-hybridized carbons (Fsp3) is 0.0204. The lowest BCUT2D eigenvalue weighted by Crippen LogP contribution is -2.70. The van der Waals surface area contributed by atoms with Gasteiger partial charge in [0, 0.05) is 5.56 Å². The highest BCUT2D eigenvalue weighted by atomic mass is 28.3. The van der Waals surface area contributed by atoms with Crippen LogP contribution in [0.15, 0.2) is 188 Å². The number of rotatable bonds is 1. The molecule has 0 aromatic heterocycles. The van der Waals surface area contributed by atoms with Crippen molar-refractivity contribution in [2.75, 3.05) is 4.90 Å². The van der Waals surface area contributed by atoms with Crippen LogP contribution in [-0.4, -0.2) is 8.07 Å². The van der Waals surface area contributed by atoms with Crippen molar-refractivity contribution in [1.82, 2.24) is 0 Å². The van der Waals surface area contributed by atoms with Gasteiger partial charge in [-0.25, -0.2) is 0 Å². The minimum Gasteiger partial charge on any atom is -0.309 e. The zero-order valence-electron chi connectivity index (χ0n) is 27.8. The Bertz CT molecular complexity index is 2650. The number of benzene rings is 8. The fourth-order valence-corrected chi connectivity index (χ4v) is 16.3. The zero-order valence-corrected chi connectivity index (χ0v) is 28.8. The Balaban J connectivity index is 1.20. The van der Waals surface area contributed by atoms with Crippen LogP contribution < -0.4 is 25.6 Å². The topological polar surface area (TPSA) is 3.24 Å². The molecule has 3 heterocycles. The van der Waals surface area contributed by atoms with E-state index in [1.165, 1.54) is 93.4 Å². The largest absolute Gasteiger partial charge is 0.309 e. The SMILES string of the molecule is c1ccc2c(c1)-c1ccccc1C21c2ccccc2N(c2cccc3c2-c2ccccc2[Si]32c3ccccc3-c3ccccc32)c2ccccc21. The van der Waals surface area contributed by atoms with Gasteiger partial charge in [-0.05, 0) is 89.0 Å². The molecule has 0 fully saturated rings. The number of fused-ring (bicyclic) bond motifs is 19. The second-order valence-electron chi connectivity index (χ2n) is 14.3. The monoisotopic (exact) mass is 661 g/mol. The molecule has 0 radical (unpaired) electrons. The molecule has 12 rings (SSSR count). The van der Waals surface area contributed by atoms with E-state index in [0.29, 0.717) is 0 Å². The van der Waals surface area contributed by atoms with Crippen LogP contribution in [0.3, 0.4) is 0 Å². The number of hydrogen-bond acceptors (Lipinski definition) is 1. The van der Waals surface area contributed by atoms with Crippen molar-refractivity contribution in [3.8, 4) is 33.4 Å². The molecular formula is C49H31NSi. The molecule has 0 bridgehead atoms. The lowest BCUT2D eigenvalue weighted by molar-refractivity contribution is 0.753. The molecule has 1 nitrogen and oxygen atoms in total. The van der Waals surface area contributed by atoms with E-state index in [4.69, 9.17) is 0 Å². The second-order valence-corrected chi connectivity index (χ2v) is 18.0. The Kier molecular flexibility index (Phi) is 5.26. The number of nitrogens with zero attached hydrogens (tertiary/aromatic N) is 1. The van der Waals surface area contributed by atoms with Gasteiger partial charge < -0.3 is 4.90 Å². The van der Waals surface area contributed by atoms with Crippen LogP contribution in [0.1, 0.15) is 22.3 Å². The lowest BCUT2D eigenvalue weighted by Gasteiger charge is -2.45. The van der Waals surface area contributed by atoms with Crippen molar-refractivity contribution >= 4 is 45.9 Å². The average Bonchev–Trinajstić information content (AvgIpc) is 3.79. The predicted octanol–water partition coefficient (Wildman–Crippen LogP) is 9.17. The zero-order chi connectivity index (χ0) is 33.3. The second kappa shape index (κ2) is 9.72. The Morgan fingerprint density at radius 1 is 0.294 bits per heavy atom.